The minimum atomic E-state index is 0.495. The number of rotatable bonds is 7. The minimum absolute atomic E-state index is 0.495. The average Bonchev–Trinajstić information content (AvgIpc) is 3.24. The minimum Gasteiger partial charge on any atom is -0.370 e. The first-order chi connectivity index (χ1) is 9.19. The molecule has 1 fully saturated rings. The van der Waals surface area contributed by atoms with Gasteiger partial charge in [0.25, 0.3) is 0 Å². The third-order valence-corrected chi connectivity index (χ3v) is 3.78. The normalized spacial score (nSPS) is 14.8. The molecular weight excluding hydrogens is 236 g/mol. The number of nitrogens with zero attached hydrogens (tertiary/aromatic N) is 2. The Morgan fingerprint density at radius 2 is 1.74 bits per heavy atom. The zero-order valence-electron chi connectivity index (χ0n) is 12.6. The van der Waals surface area contributed by atoms with E-state index in [1.807, 2.05) is 0 Å². The van der Waals surface area contributed by atoms with Gasteiger partial charge < -0.3 is 10.6 Å². The molecule has 1 aromatic rings. The van der Waals surface area contributed by atoms with E-state index < -0.39 is 0 Å². The van der Waals surface area contributed by atoms with Gasteiger partial charge in [0.2, 0.25) is 0 Å². The highest BCUT2D eigenvalue weighted by atomic mass is 15.1. The topological polar surface area (TPSA) is 49.8 Å². The zero-order chi connectivity index (χ0) is 13.8. The maximum Gasteiger partial charge on any atom is 0.136 e. The van der Waals surface area contributed by atoms with Gasteiger partial charge in [-0.25, -0.2) is 9.97 Å². The summed E-state index contributed by atoms with van der Waals surface area (Å²) in [5, 5.41) is 6.93. The fourth-order valence-corrected chi connectivity index (χ4v) is 2.22. The predicted octanol–water partition coefficient (Wildman–Crippen LogP) is 3.69. The molecule has 0 aliphatic heterocycles. The lowest BCUT2D eigenvalue weighted by Crippen LogP contribution is -2.20. The summed E-state index contributed by atoms with van der Waals surface area (Å²) in [7, 11) is 0. The van der Waals surface area contributed by atoms with Gasteiger partial charge in [-0.2, -0.15) is 0 Å². The molecule has 0 amide bonds. The second-order valence-electron chi connectivity index (χ2n) is 5.37. The van der Waals surface area contributed by atoms with Gasteiger partial charge in [0.15, 0.2) is 0 Å². The Bertz CT molecular complexity index is 422. The van der Waals surface area contributed by atoms with E-state index in [-0.39, 0.29) is 0 Å². The smallest absolute Gasteiger partial charge is 0.136 e. The Hall–Kier alpha value is -1.32. The van der Waals surface area contributed by atoms with E-state index in [9.17, 15) is 0 Å². The molecule has 2 N–H and O–H groups in total. The fourth-order valence-electron chi connectivity index (χ4n) is 2.22. The van der Waals surface area contributed by atoms with Crippen LogP contribution in [0, 0.1) is 6.92 Å². The largest absolute Gasteiger partial charge is 0.370 e. The molecule has 19 heavy (non-hydrogen) atoms. The Labute approximate surface area is 116 Å². The Kier molecular flexibility index (Phi) is 4.61. The Morgan fingerprint density at radius 3 is 2.26 bits per heavy atom. The van der Waals surface area contributed by atoms with Gasteiger partial charge in [-0.15, -0.1) is 0 Å². The van der Waals surface area contributed by atoms with Crippen molar-refractivity contribution in [2.45, 2.75) is 65.3 Å². The molecule has 0 radical (unpaired) electrons. The Morgan fingerprint density at radius 1 is 1.11 bits per heavy atom. The second kappa shape index (κ2) is 6.22. The summed E-state index contributed by atoms with van der Waals surface area (Å²) < 4.78 is 0. The number of anilines is 2. The summed E-state index contributed by atoms with van der Waals surface area (Å²) >= 11 is 0. The van der Waals surface area contributed by atoms with Gasteiger partial charge in [-0.05, 0) is 39.5 Å². The van der Waals surface area contributed by atoms with Gasteiger partial charge >= 0.3 is 0 Å². The van der Waals surface area contributed by atoms with Gasteiger partial charge in [0.05, 0.1) is 0 Å². The van der Waals surface area contributed by atoms with Gasteiger partial charge in [-0.3, -0.25) is 0 Å². The van der Waals surface area contributed by atoms with Crippen LogP contribution in [-0.2, 0) is 0 Å². The van der Waals surface area contributed by atoms with Crippen molar-refractivity contribution >= 4 is 11.6 Å². The monoisotopic (exact) mass is 262 g/mol. The maximum absolute atomic E-state index is 4.75. The van der Waals surface area contributed by atoms with E-state index in [2.05, 4.69) is 43.3 Å². The van der Waals surface area contributed by atoms with Gasteiger partial charge in [0, 0.05) is 24.1 Å². The molecule has 0 aromatic carbocycles. The maximum atomic E-state index is 4.75. The van der Waals surface area contributed by atoms with Crippen LogP contribution in [0.4, 0.5) is 11.6 Å². The second-order valence-corrected chi connectivity index (χ2v) is 5.37. The third kappa shape index (κ3) is 3.37. The van der Waals surface area contributed by atoms with Crippen molar-refractivity contribution in [1.82, 2.24) is 9.97 Å². The standard InChI is InChI=1S/C15H26N4/c1-5-12(6-2)17-14-10(4)13(16-7-3)18-15(19-14)11-8-9-11/h11-12H,5-9H2,1-4H3,(H2,16,17,18,19). The van der Waals surface area contributed by atoms with Crippen molar-refractivity contribution in [3.05, 3.63) is 11.4 Å². The SMILES string of the molecule is CCNc1nc(C2CC2)nc(NC(CC)CC)c1C. The molecular formula is C15H26N4. The molecule has 4 heteroatoms. The van der Waals surface area contributed by atoms with Crippen molar-refractivity contribution in [1.29, 1.82) is 0 Å². The lowest BCUT2D eigenvalue weighted by atomic mass is 10.1. The molecule has 1 saturated carbocycles. The van der Waals surface area contributed by atoms with Crippen LogP contribution in [-0.4, -0.2) is 22.6 Å². The lowest BCUT2D eigenvalue weighted by molar-refractivity contribution is 0.666. The third-order valence-electron chi connectivity index (χ3n) is 3.78. The van der Waals surface area contributed by atoms with E-state index >= 15 is 0 Å². The van der Waals surface area contributed by atoms with Crippen molar-refractivity contribution in [2.75, 3.05) is 17.2 Å². The molecule has 1 aliphatic carbocycles. The predicted molar refractivity (Wildman–Crippen MR) is 80.9 cm³/mol. The first-order valence-electron chi connectivity index (χ1n) is 7.58. The molecule has 1 aliphatic rings. The highest BCUT2D eigenvalue weighted by molar-refractivity contribution is 5.58. The summed E-state index contributed by atoms with van der Waals surface area (Å²) in [4.78, 5) is 9.43. The van der Waals surface area contributed by atoms with Crippen LogP contribution in [0.3, 0.4) is 0 Å². The van der Waals surface area contributed by atoms with Crippen LogP contribution in [0.15, 0.2) is 0 Å². The molecule has 0 unspecified atom stereocenters. The summed E-state index contributed by atoms with van der Waals surface area (Å²) in [6, 6.07) is 0.495. The van der Waals surface area contributed by atoms with Crippen molar-refractivity contribution < 1.29 is 0 Å². The molecule has 0 saturated heterocycles. The summed E-state index contributed by atoms with van der Waals surface area (Å²) in [5.41, 5.74) is 1.14. The number of aromatic nitrogens is 2. The quantitative estimate of drug-likeness (QED) is 0.786. The molecule has 0 atom stereocenters. The van der Waals surface area contributed by atoms with E-state index in [1.54, 1.807) is 0 Å². The van der Waals surface area contributed by atoms with Crippen molar-refractivity contribution in [3.8, 4) is 0 Å². The average molecular weight is 262 g/mol. The molecule has 1 aromatic heterocycles. The highest BCUT2D eigenvalue weighted by Crippen LogP contribution is 2.39. The van der Waals surface area contributed by atoms with Crippen LogP contribution in [0.5, 0.6) is 0 Å². The first kappa shape index (κ1) is 14.1. The van der Waals surface area contributed by atoms with Crippen LogP contribution in [0.25, 0.3) is 0 Å². The summed E-state index contributed by atoms with van der Waals surface area (Å²) in [6.45, 7) is 9.52. The molecule has 4 nitrogen and oxygen atoms in total. The van der Waals surface area contributed by atoms with E-state index in [0.717, 1.165) is 42.4 Å². The molecule has 2 rings (SSSR count). The van der Waals surface area contributed by atoms with Crippen molar-refractivity contribution in [3.63, 3.8) is 0 Å². The molecule has 0 bridgehead atoms. The van der Waals surface area contributed by atoms with E-state index in [4.69, 9.17) is 4.98 Å². The first-order valence-corrected chi connectivity index (χ1v) is 7.58. The highest BCUT2D eigenvalue weighted by Gasteiger charge is 2.28. The molecule has 1 heterocycles. The van der Waals surface area contributed by atoms with E-state index in [0.29, 0.717) is 12.0 Å². The van der Waals surface area contributed by atoms with E-state index in [1.165, 1.54) is 12.8 Å². The summed E-state index contributed by atoms with van der Waals surface area (Å²) in [5.74, 6) is 3.60. The van der Waals surface area contributed by atoms with Crippen LogP contribution < -0.4 is 10.6 Å². The van der Waals surface area contributed by atoms with Crippen LogP contribution in [0.1, 0.15) is 63.8 Å². The van der Waals surface area contributed by atoms with Crippen LogP contribution >= 0.6 is 0 Å². The van der Waals surface area contributed by atoms with Crippen LogP contribution in [0.2, 0.25) is 0 Å². The zero-order valence-corrected chi connectivity index (χ0v) is 12.6. The lowest BCUT2D eigenvalue weighted by Gasteiger charge is -2.19. The Balaban J connectivity index is 2.28. The number of hydrogen-bond acceptors (Lipinski definition) is 4. The summed E-state index contributed by atoms with van der Waals surface area (Å²) in [6.07, 6.45) is 4.71. The fraction of sp³-hybridized carbons (Fsp3) is 0.733. The van der Waals surface area contributed by atoms with Crippen molar-refractivity contribution in [2.24, 2.45) is 0 Å². The number of nitrogens with one attached hydrogen (secondary N) is 2. The van der Waals surface area contributed by atoms with Gasteiger partial charge in [-0.1, -0.05) is 13.8 Å². The number of hydrogen-bond donors (Lipinski definition) is 2. The molecule has 0 spiro atoms. The molecule has 106 valence electrons. The van der Waals surface area contributed by atoms with Gasteiger partial charge in [0.1, 0.15) is 17.5 Å².